The molecule has 0 saturated carbocycles. The standard InChI is InChI=1S/C5H11NO4/c6-3-2(7)1-10-5(9)4(3)8/h2-5,7-9H,1,6H2/t2-,3+,4+,5?/m0/s1. The number of rotatable bonds is 0. The number of nitrogens with two attached hydrogens (primary N) is 1. The lowest BCUT2D eigenvalue weighted by Gasteiger charge is -2.32. The molecule has 60 valence electrons. The largest absolute Gasteiger partial charge is 0.389 e. The number of aliphatic hydroxyl groups excluding tert-OH is 3. The SMILES string of the molecule is N[C@@H]1[C@@H](O)COC(O)[C@@H]1O. The van der Waals surface area contributed by atoms with Gasteiger partial charge in [-0.25, -0.2) is 0 Å². The Kier molecular flexibility index (Phi) is 2.22. The summed E-state index contributed by atoms with van der Waals surface area (Å²) in [6.45, 7) is -0.0284. The molecular formula is C5H11NO4. The van der Waals surface area contributed by atoms with Gasteiger partial charge in [0.25, 0.3) is 0 Å². The molecule has 1 fully saturated rings. The second-order valence-electron chi connectivity index (χ2n) is 2.36. The smallest absolute Gasteiger partial charge is 0.182 e. The molecule has 1 saturated heterocycles. The van der Waals surface area contributed by atoms with Crippen LogP contribution in [0.5, 0.6) is 0 Å². The van der Waals surface area contributed by atoms with Gasteiger partial charge in [0, 0.05) is 0 Å². The second-order valence-corrected chi connectivity index (χ2v) is 2.36. The Bertz CT molecular complexity index is 106. The number of aliphatic hydroxyl groups is 3. The first-order valence-electron chi connectivity index (χ1n) is 3.04. The lowest BCUT2D eigenvalue weighted by atomic mass is 10.0. The monoisotopic (exact) mass is 149 g/mol. The predicted molar refractivity (Wildman–Crippen MR) is 31.9 cm³/mol. The zero-order chi connectivity index (χ0) is 7.72. The number of hydrogen-bond acceptors (Lipinski definition) is 5. The molecule has 0 amide bonds. The molecule has 5 N–H and O–H groups in total. The Hall–Kier alpha value is -0.200. The van der Waals surface area contributed by atoms with Crippen LogP contribution in [-0.4, -0.2) is 46.5 Å². The van der Waals surface area contributed by atoms with E-state index in [9.17, 15) is 0 Å². The molecule has 1 aliphatic heterocycles. The van der Waals surface area contributed by atoms with Crippen molar-refractivity contribution in [2.75, 3.05) is 6.61 Å². The van der Waals surface area contributed by atoms with E-state index < -0.39 is 24.5 Å². The third-order valence-electron chi connectivity index (χ3n) is 1.57. The van der Waals surface area contributed by atoms with E-state index in [0.29, 0.717) is 0 Å². The van der Waals surface area contributed by atoms with Crippen molar-refractivity contribution in [1.82, 2.24) is 0 Å². The van der Waals surface area contributed by atoms with Crippen molar-refractivity contribution in [3.63, 3.8) is 0 Å². The minimum atomic E-state index is -1.27. The van der Waals surface area contributed by atoms with Gasteiger partial charge in [-0.3, -0.25) is 0 Å². The van der Waals surface area contributed by atoms with E-state index in [-0.39, 0.29) is 6.61 Å². The molecule has 5 nitrogen and oxygen atoms in total. The van der Waals surface area contributed by atoms with Crippen LogP contribution in [0.25, 0.3) is 0 Å². The summed E-state index contributed by atoms with van der Waals surface area (Å²) in [5.74, 6) is 0. The molecule has 0 bridgehead atoms. The maximum absolute atomic E-state index is 8.96. The van der Waals surface area contributed by atoms with Crippen LogP contribution in [-0.2, 0) is 4.74 Å². The predicted octanol–water partition coefficient (Wildman–Crippen LogP) is -2.62. The third kappa shape index (κ3) is 1.28. The maximum Gasteiger partial charge on any atom is 0.182 e. The fourth-order valence-electron chi connectivity index (χ4n) is 0.825. The quantitative estimate of drug-likeness (QED) is 0.302. The van der Waals surface area contributed by atoms with Gasteiger partial charge in [-0.15, -0.1) is 0 Å². The fourth-order valence-corrected chi connectivity index (χ4v) is 0.825. The van der Waals surface area contributed by atoms with Crippen molar-refractivity contribution in [2.45, 2.75) is 24.5 Å². The van der Waals surface area contributed by atoms with Crippen molar-refractivity contribution in [3.8, 4) is 0 Å². The molecule has 1 unspecified atom stereocenters. The van der Waals surface area contributed by atoms with Gasteiger partial charge in [-0.2, -0.15) is 0 Å². The first kappa shape index (κ1) is 7.90. The van der Waals surface area contributed by atoms with Crippen molar-refractivity contribution in [3.05, 3.63) is 0 Å². The molecule has 0 aromatic carbocycles. The van der Waals surface area contributed by atoms with Crippen LogP contribution >= 0.6 is 0 Å². The molecule has 0 aromatic heterocycles. The molecule has 1 rings (SSSR count). The van der Waals surface area contributed by atoms with E-state index in [1.807, 2.05) is 0 Å². The normalized spacial score (nSPS) is 49.2. The Morgan fingerprint density at radius 3 is 2.40 bits per heavy atom. The van der Waals surface area contributed by atoms with Crippen LogP contribution in [0.2, 0.25) is 0 Å². The van der Waals surface area contributed by atoms with E-state index in [4.69, 9.17) is 21.1 Å². The summed E-state index contributed by atoms with van der Waals surface area (Å²) >= 11 is 0. The third-order valence-corrected chi connectivity index (χ3v) is 1.57. The van der Waals surface area contributed by atoms with E-state index in [2.05, 4.69) is 4.74 Å². The minimum Gasteiger partial charge on any atom is -0.389 e. The summed E-state index contributed by atoms with van der Waals surface area (Å²) in [5, 5.41) is 26.7. The Morgan fingerprint density at radius 1 is 1.30 bits per heavy atom. The highest BCUT2D eigenvalue weighted by Gasteiger charge is 2.34. The molecule has 1 heterocycles. The highest BCUT2D eigenvalue weighted by Crippen LogP contribution is 2.10. The van der Waals surface area contributed by atoms with Gasteiger partial charge in [-0.1, -0.05) is 0 Å². The van der Waals surface area contributed by atoms with E-state index in [1.165, 1.54) is 0 Å². The maximum atomic E-state index is 8.96. The molecule has 0 aliphatic carbocycles. The van der Waals surface area contributed by atoms with Crippen LogP contribution in [0.4, 0.5) is 0 Å². The average molecular weight is 149 g/mol. The van der Waals surface area contributed by atoms with E-state index in [0.717, 1.165) is 0 Å². The van der Waals surface area contributed by atoms with Gasteiger partial charge < -0.3 is 25.8 Å². The first-order valence-corrected chi connectivity index (χ1v) is 3.04. The summed E-state index contributed by atoms with van der Waals surface area (Å²) in [4.78, 5) is 0. The summed E-state index contributed by atoms with van der Waals surface area (Å²) in [7, 11) is 0. The van der Waals surface area contributed by atoms with Gasteiger partial charge in [0.1, 0.15) is 6.10 Å². The van der Waals surface area contributed by atoms with Gasteiger partial charge in [-0.05, 0) is 0 Å². The molecule has 0 radical (unpaired) electrons. The molecule has 4 atom stereocenters. The Balaban J connectivity index is 2.52. The average Bonchev–Trinajstić information content (AvgIpc) is 1.93. The fraction of sp³-hybridized carbons (Fsp3) is 1.00. The van der Waals surface area contributed by atoms with Crippen LogP contribution in [0.1, 0.15) is 0 Å². The minimum absolute atomic E-state index is 0.0284. The highest BCUT2D eigenvalue weighted by atomic mass is 16.6. The molecule has 10 heavy (non-hydrogen) atoms. The topological polar surface area (TPSA) is 95.9 Å². The lowest BCUT2D eigenvalue weighted by molar-refractivity contribution is -0.219. The van der Waals surface area contributed by atoms with Gasteiger partial charge in [0.05, 0.1) is 18.8 Å². The first-order chi connectivity index (χ1) is 4.63. The zero-order valence-corrected chi connectivity index (χ0v) is 5.34. The van der Waals surface area contributed by atoms with E-state index >= 15 is 0 Å². The second kappa shape index (κ2) is 2.81. The van der Waals surface area contributed by atoms with E-state index in [1.54, 1.807) is 0 Å². The summed E-state index contributed by atoms with van der Waals surface area (Å²) in [5.41, 5.74) is 5.27. The zero-order valence-electron chi connectivity index (χ0n) is 5.34. The molecule has 5 heteroatoms. The van der Waals surface area contributed by atoms with Crippen molar-refractivity contribution in [2.24, 2.45) is 5.73 Å². The summed E-state index contributed by atoms with van der Waals surface area (Å²) < 4.78 is 4.55. The highest BCUT2D eigenvalue weighted by molar-refractivity contribution is 4.84. The Labute approximate surface area is 58.0 Å². The number of hydrogen-bond donors (Lipinski definition) is 4. The van der Waals surface area contributed by atoms with Crippen LogP contribution < -0.4 is 5.73 Å². The summed E-state index contributed by atoms with van der Waals surface area (Å²) in [6, 6.07) is -0.816. The van der Waals surface area contributed by atoms with Crippen LogP contribution in [0.15, 0.2) is 0 Å². The molecule has 1 aliphatic rings. The molecule has 0 spiro atoms. The molecule has 0 aromatic rings. The van der Waals surface area contributed by atoms with Gasteiger partial charge >= 0.3 is 0 Å². The van der Waals surface area contributed by atoms with Gasteiger partial charge in [0.2, 0.25) is 0 Å². The lowest BCUT2D eigenvalue weighted by Crippen LogP contribution is -2.57. The number of ether oxygens (including phenoxy) is 1. The molecular weight excluding hydrogens is 138 g/mol. The van der Waals surface area contributed by atoms with Crippen LogP contribution in [0.3, 0.4) is 0 Å². The van der Waals surface area contributed by atoms with Crippen molar-refractivity contribution in [1.29, 1.82) is 0 Å². The van der Waals surface area contributed by atoms with Crippen LogP contribution in [0, 0.1) is 0 Å². The Morgan fingerprint density at radius 2 is 1.90 bits per heavy atom. The van der Waals surface area contributed by atoms with Gasteiger partial charge in [0.15, 0.2) is 6.29 Å². The van der Waals surface area contributed by atoms with Crippen molar-refractivity contribution < 1.29 is 20.1 Å². The summed E-state index contributed by atoms with van der Waals surface area (Å²) in [6.07, 6.45) is -3.35. The van der Waals surface area contributed by atoms with Crippen molar-refractivity contribution >= 4 is 0 Å².